The molecular weight excluding hydrogens is 248 g/mol. The summed E-state index contributed by atoms with van der Waals surface area (Å²) in [6.45, 7) is 0. The van der Waals surface area contributed by atoms with Crippen LogP contribution in [0.3, 0.4) is 0 Å². The fourth-order valence-electron chi connectivity index (χ4n) is 2.00. The molecule has 0 radical (unpaired) electrons. The molecule has 0 spiro atoms. The molecule has 0 saturated carbocycles. The van der Waals surface area contributed by atoms with Crippen molar-refractivity contribution in [2.45, 2.75) is 11.8 Å². The maximum atomic E-state index is 8.89. The first kappa shape index (κ1) is 13.1. The number of nitrogens with zero attached hydrogens (tertiary/aromatic N) is 4. The van der Waals surface area contributed by atoms with Crippen LogP contribution in [0.15, 0.2) is 36.4 Å². The van der Waals surface area contributed by atoms with Gasteiger partial charge in [-0.2, -0.15) is 21.0 Å². The minimum atomic E-state index is -0.787. The van der Waals surface area contributed by atoms with Crippen molar-refractivity contribution >= 4 is 10.8 Å². The molecular formula is C16H8N4. The van der Waals surface area contributed by atoms with Crippen LogP contribution in [-0.2, 0) is 0 Å². The zero-order chi connectivity index (χ0) is 14.5. The fraction of sp³-hybridized carbons (Fsp3) is 0.125. The number of hydrogen-bond donors (Lipinski definition) is 0. The van der Waals surface area contributed by atoms with Crippen LogP contribution in [-0.4, -0.2) is 0 Å². The molecule has 0 heterocycles. The van der Waals surface area contributed by atoms with E-state index in [0.29, 0.717) is 11.1 Å². The highest BCUT2D eigenvalue weighted by atomic mass is 14.3. The van der Waals surface area contributed by atoms with Gasteiger partial charge in [-0.15, -0.1) is 0 Å². The molecule has 92 valence electrons. The lowest BCUT2D eigenvalue weighted by Crippen LogP contribution is -1.94. The van der Waals surface area contributed by atoms with Crippen molar-refractivity contribution in [1.29, 1.82) is 21.0 Å². The topological polar surface area (TPSA) is 95.2 Å². The molecule has 0 bridgehead atoms. The van der Waals surface area contributed by atoms with Gasteiger partial charge in [0.2, 0.25) is 0 Å². The third kappa shape index (κ3) is 2.28. The molecule has 4 heteroatoms. The van der Waals surface area contributed by atoms with E-state index in [1.54, 1.807) is 36.4 Å². The molecule has 0 unspecified atom stereocenters. The summed E-state index contributed by atoms with van der Waals surface area (Å²) < 4.78 is 0. The van der Waals surface area contributed by atoms with Crippen LogP contribution in [0.25, 0.3) is 10.8 Å². The number of rotatable bonds is 2. The van der Waals surface area contributed by atoms with E-state index in [4.69, 9.17) is 21.0 Å². The van der Waals surface area contributed by atoms with Crippen LogP contribution < -0.4 is 0 Å². The average molecular weight is 256 g/mol. The van der Waals surface area contributed by atoms with E-state index in [2.05, 4.69) is 0 Å². The van der Waals surface area contributed by atoms with Crippen LogP contribution in [0.4, 0.5) is 0 Å². The largest absolute Gasteiger partial charge is 0.196 e. The maximum absolute atomic E-state index is 8.89. The quantitative estimate of drug-likeness (QED) is 0.824. The molecule has 0 aliphatic rings. The molecule has 4 nitrogen and oxygen atoms in total. The number of hydrogen-bond acceptors (Lipinski definition) is 4. The van der Waals surface area contributed by atoms with Crippen molar-refractivity contribution in [3.05, 3.63) is 47.5 Å². The van der Waals surface area contributed by atoms with Gasteiger partial charge in [-0.05, 0) is 34.0 Å². The summed E-state index contributed by atoms with van der Waals surface area (Å²) in [4.78, 5) is 0. The summed E-state index contributed by atoms with van der Waals surface area (Å²) in [5.74, 6) is -1.57. The van der Waals surface area contributed by atoms with Crippen molar-refractivity contribution < 1.29 is 0 Å². The minimum absolute atomic E-state index is 0.646. The van der Waals surface area contributed by atoms with Crippen molar-refractivity contribution in [3.63, 3.8) is 0 Å². The Kier molecular flexibility index (Phi) is 3.63. The second kappa shape index (κ2) is 5.53. The Morgan fingerprint density at radius 1 is 0.600 bits per heavy atom. The van der Waals surface area contributed by atoms with E-state index in [9.17, 15) is 0 Å². The zero-order valence-corrected chi connectivity index (χ0v) is 10.4. The lowest BCUT2D eigenvalue weighted by molar-refractivity contribution is 1.10. The highest BCUT2D eigenvalue weighted by Crippen LogP contribution is 2.25. The van der Waals surface area contributed by atoms with E-state index in [1.165, 1.54) is 0 Å². The third-order valence-electron chi connectivity index (χ3n) is 3.07. The first-order chi connectivity index (χ1) is 9.73. The van der Waals surface area contributed by atoms with Gasteiger partial charge in [-0.25, -0.2) is 0 Å². The molecule has 2 aromatic carbocycles. The van der Waals surface area contributed by atoms with Crippen molar-refractivity contribution in [2.24, 2.45) is 0 Å². The van der Waals surface area contributed by atoms with Crippen molar-refractivity contribution in [2.75, 3.05) is 0 Å². The number of benzene rings is 2. The van der Waals surface area contributed by atoms with Gasteiger partial charge >= 0.3 is 0 Å². The van der Waals surface area contributed by atoms with Crippen LogP contribution >= 0.6 is 0 Å². The first-order valence-corrected chi connectivity index (χ1v) is 5.85. The predicted molar refractivity (Wildman–Crippen MR) is 71.9 cm³/mol. The highest BCUT2D eigenvalue weighted by Gasteiger charge is 2.12. The van der Waals surface area contributed by atoms with E-state index < -0.39 is 11.8 Å². The summed E-state index contributed by atoms with van der Waals surface area (Å²) in [5, 5.41) is 37.3. The Balaban J connectivity index is 2.52. The van der Waals surface area contributed by atoms with Crippen molar-refractivity contribution in [1.82, 2.24) is 0 Å². The second-order valence-corrected chi connectivity index (χ2v) is 4.25. The summed E-state index contributed by atoms with van der Waals surface area (Å²) in [6.07, 6.45) is 0. The van der Waals surface area contributed by atoms with Gasteiger partial charge in [-0.3, -0.25) is 0 Å². The standard InChI is InChI=1S/C16H8N4/c17-7-15(8-18)13-3-1-11-5-14(16(9-19)10-20)4-2-12(11)6-13/h1-6,15-16H. The highest BCUT2D eigenvalue weighted by molar-refractivity contribution is 5.84. The Hall–Kier alpha value is -3.34. The Labute approximate surface area is 116 Å². The zero-order valence-electron chi connectivity index (χ0n) is 10.4. The maximum Gasteiger partial charge on any atom is 0.158 e. The van der Waals surface area contributed by atoms with Gasteiger partial charge < -0.3 is 0 Å². The summed E-state index contributed by atoms with van der Waals surface area (Å²) >= 11 is 0. The summed E-state index contributed by atoms with van der Waals surface area (Å²) in [7, 11) is 0. The van der Waals surface area contributed by atoms with E-state index in [-0.39, 0.29) is 0 Å². The van der Waals surface area contributed by atoms with Gasteiger partial charge in [0.25, 0.3) is 0 Å². The molecule has 2 aromatic rings. The SMILES string of the molecule is N#CC(C#N)c1ccc2cc(C(C#N)C#N)ccc2c1. The van der Waals surface area contributed by atoms with E-state index >= 15 is 0 Å². The van der Waals surface area contributed by atoms with Gasteiger partial charge in [-0.1, -0.05) is 24.3 Å². The van der Waals surface area contributed by atoms with Crippen molar-refractivity contribution in [3.8, 4) is 24.3 Å². The molecule has 0 aliphatic heterocycles. The lowest BCUT2D eigenvalue weighted by atomic mass is 9.95. The summed E-state index contributed by atoms with van der Waals surface area (Å²) in [5.41, 5.74) is 1.29. The summed E-state index contributed by atoms with van der Waals surface area (Å²) in [6, 6.07) is 18.3. The molecule has 0 aromatic heterocycles. The van der Waals surface area contributed by atoms with Gasteiger partial charge in [0.05, 0.1) is 24.3 Å². The Morgan fingerprint density at radius 2 is 0.950 bits per heavy atom. The predicted octanol–water partition coefficient (Wildman–Crippen LogP) is 3.10. The minimum Gasteiger partial charge on any atom is -0.196 e. The average Bonchev–Trinajstić information content (AvgIpc) is 2.49. The Bertz CT molecular complexity index is 725. The third-order valence-corrected chi connectivity index (χ3v) is 3.07. The first-order valence-electron chi connectivity index (χ1n) is 5.85. The molecule has 20 heavy (non-hydrogen) atoms. The molecule has 0 saturated heterocycles. The molecule has 2 rings (SSSR count). The van der Waals surface area contributed by atoms with Crippen LogP contribution in [0.2, 0.25) is 0 Å². The molecule has 0 aliphatic carbocycles. The van der Waals surface area contributed by atoms with Gasteiger partial charge in [0.1, 0.15) is 0 Å². The van der Waals surface area contributed by atoms with E-state index in [1.807, 2.05) is 24.3 Å². The second-order valence-electron chi connectivity index (χ2n) is 4.25. The normalized spacial score (nSPS) is 9.70. The lowest BCUT2D eigenvalue weighted by Gasteiger charge is -2.06. The Morgan fingerprint density at radius 3 is 1.25 bits per heavy atom. The van der Waals surface area contributed by atoms with Crippen LogP contribution in [0.1, 0.15) is 23.0 Å². The molecule has 0 N–H and O–H groups in total. The molecule has 0 atom stereocenters. The molecule has 0 amide bonds. The molecule has 0 fully saturated rings. The van der Waals surface area contributed by atoms with Gasteiger partial charge in [0, 0.05) is 0 Å². The van der Waals surface area contributed by atoms with Crippen LogP contribution in [0, 0.1) is 45.3 Å². The van der Waals surface area contributed by atoms with Crippen LogP contribution in [0.5, 0.6) is 0 Å². The number of fused-ring (bicyclic) bond motifs is 1. The number of nitriles is 4. The smallest absolute Gasteiger partial charge is 0.158 e. The monoisotopic (exact) mass is 256 g/mol. The van der Waals surface area contributed by atoms with Gasteiger partial charge in [0.15, 0.2) is 11.8 Å². The fourth-order valence-corrected chi connectivity index (χ4v) is 2.00. The van der Waals surface area contributed by atoms with E-state index in [0.717, 1.165) is 10.8 Å².